The molecule has 0 aromatic heterocycles. The smallest absolute Gasteiger partial charge is 0.230 e. The monoisotopic (exact) mass is 279 g/mol. The second kappa shape index (κ2) is 5.31. The SMILES string of the molecule is CC(C)(C(C(=O)CC1CC1)c1cccc(F)c1)[N+](=O)[O-]. The molecule has 1 saturated carbocycles. The van der Waals surface area contributed by atoms with Crippen LogP contribution in [-0.2, 0) is 4.79 Å². The normalized spacial score (nSPS) is 16.8. The average molecular weight is 279 g/mol. The highest BCUT2D eigenvalue weighted by molar-refractivity contribution is 5.87. The van der Waals surface area contributed by atoms with Crippen molar-refractivity contribution >= 4 is 5.78 Å². The van der Waals surface area contributed by atoms with Crippen molar-refractivity contribution in [2.75, 3.05) is 0 Å². The second-order valence-corrected chi connectivity index (χ2v) is 6.01. The molecule has 2 rings (SSSR count). The van der Waals surface area contributed by atoms with Crippen LogP contribution < -0.4 is 0 Å². The standard InChI is InChI=1S/C15H18FNO3/c1-15(2,17(19)20)14(13(18)8-10-6-7-10)11-4-3-5-12(16)9-11/h3-5,9-10,14H,6-8H2,1-2H3. The van der Waals surface area contributed by atoms with E-state index in [2.05, 4.69) is 0 Å². The van der Waals surface area contributed by atoms with Crippen molar-refractivity contribution in [2.24, 2.45) is 5.92 Å². The molecule has 1 aliphatic carbocycles. The summed E-state index contributed by atoms with van der Waals surface area (Å²) in [6, 6.07) is 5.56. The third-order valence-corrected chi connectivity index (χ3v) is 3.87. The predicted molar refractivity (Wildman–Crippen MR) is 72.6 cm³/mol. The zero-order chi connectivity index (χ0) is 14.9. The summed E-state index contributed by atoms with van der Waals surface area (Å²) in [4.78, 5) is 23.3. The number of nitro groups is 1. The van der Waals surface area contributed by atoms with Gasteiger partial charge in [-0.3, -0.25) is 14.9 Å². The van der Waals surface area contributed by atoms with E-state index in [1.54, 1.807) is 6.07 Å². The third-order valence-electron chi connectivity index (χ3n) is 3.87. The molecule has 5 heteroatoms. The molecule has 20 heavy (non-hydrogen) atoms. The van der Waals surface area contributed by atoms with E-state index < -0.39 is 22.2 Å². The molecule has 1 fully saturated rings. The number of carbonyl (C=O) groups excluding carboxylic acids is 1. The molecule has 0 bridgehead atoms. The van der Waals surface area contributed by atoms with Gasteiger partial charge in [0.15, 0.2) is 0 Å². The topological polar surface area (TPSA) is 60.2 Å². The first-order valence-corrected chi connectivity index (χ1v) is 6.75. The highest BCUT2D eigenvalue weighted by atomic mass is 19.1. The number of nitrogens with zero attached hydrogens (tertiary/aromatic N) is 1. The number of carbonyl (C=O) groups is 1. The second-order valence-electron chi connectivity index (χ2n) is 6.01. The van der Waals surface area contributed by atoms with Crippen molar-refractivity contribution in [1.82, 2.24) is 0 Å². The lowest BCUT2D eigenvalue weighted by atomic mass is 9.78. The molecule has 0 N–H and O–H groups in total. The van der Waals surface area contributed by atoms with Gasteiger partial charge < -0.3 is 0 Å². The van der Waals surface area contributed by atoms with E-state index in [9.17, 15) is 19.3 Å². The van der Waals surface area contributed by atoms with Crippen molar-refractivity contribution in [2.45, 2.75) is 44.6 Å². The van der Waals surface area contributed by atoms with E-state index in [1.807, 2.05) is 0 Å². The van der Waals surface area contributed by atoms with Gasteiger partial charge in [0, 0.05) is 25.2 Å². The largest absolute Gasteiger partial charge is 0.299 e. The summed E-state index contributed by atoms with van der Waals surface area (Å²) in [7, 11) is 0. The van der Waals surface area contributed by atoms with Crippen LogP contribution in [0.1, 0.15) is 44.6 Å². The molecule has 108 valence electrons. The Morgan fingerprint density at radius 2 is 2.15 bits per heavy atom. The Hall–Kier alpha value is -1.78. The zero-order valence-corrected chi connectivity index (χ0v) is 11.6. The van der Waals surface area contributed by atoms with Crippen molar-refractivity contribution in [3.8, 4) is 0 Å². The van der Waals surface area contributed by atoms with Crippen LogP contribution in [0.2, 0.25) is 0 Å². The first-order chi connectivity index (χ1) is 9.32. The van der Waals surface area contributed by atoms with Crippen LogP contribution in [0.4, 0.5) is 4.39 Å². The number of rotatable bonds is 6. The minimum atomic E-state index is -1.44. The lowest BCUT2D eigenvalue weighted by molar-refractivity contribution is -0.562. The van der Waals surface area contributed by atoms with E-state index in [-0.39, 0.29) is 5.78 Å². The van der Waals surface area contributed by atoms with Crippen molar-refractivity contribution < 1.29 is 14.1 Å². The predicted octanol–water partition coefficient (Wildman–Crippen LogP) is 3.33. The fourth-order valence-corrected chi connectivity index (χ4v) is 2.50. The molecule has 0 aliphatic heterocycles. The fraction of sp³-hybridized carbons (Fsp3) is 0.533. The zero-order valence-electron chi connectivity index (χ0n) is 11.6. The fourth-order valence-electron chi connectivity index (χ4n) is 2.50. The van der Waals surface area contributed by atoms with Crippen LogP contribution in [0, 0.1) is 21.8 Å². The van der Waals surface area contributed by atoms with E-state index in [1.165, 1.54) is 32.0 Å². The van der Waals surface area contributed by atoms with Gasteiger partial charge >= 0.3 is 0 Å². The Kier molecular flexibility index (Phi) is 3.88. The molecule has 1 aromatic carbocycles. The Morgan fingerprint density at radius 3 is 2.65 bits per heavy atom. The first kappa shape index (κ1) is 14.6. The van der Waals surface area contributed by atoms with Crippen LogP contribution in [0.15, 0.2) is 24.3 Å². The molecule has 0 radical (unpaired) electrons. The van der Waals surface area contributed by atoms with Crippen LogP contribution in [0.3, 0.4) is 0 Å². The highest BCUT2D eigenvalue weighted by Crippen LogP contribution is 2.39. The lowest BCUT2D eigenvalue weighted by Gasteiger charge is -2.26. The molecule has 0 heterocycles. The molecule has 1 unspecified atom stereocenters. The van der Waals surface area contributed by atoms with Gasteiger partial charge in [0.2, 0.25) is 5.54 Å². The first-order valence-electron chi connectivity index (χ1n) is 6.75. The van der Waals surface area contributed by atoms with E-state index in [0.717, 1.165) is 12.8 Å². The summed E-state index contributed by atoms with van der Waals surface area (Å²) < 4.78 is 13.4. The molecule has 1 atom stereocenters. The molecule has 0 amide bonds. The van der Waals surface area contributed by atoms with Gasteiger partial charge in [-0.1, -0.05) is 12.1 Å². The van der Waals surface area contributed by atoms with Gasteiger partial charge in [-0.25, -0.2) is 4.39 Å². The van der Waals surface area contributed by atoms with Crippen LogP contribution in [0.25, 0.3) is 0 Å². The van der Waals surface area contributed by atoms with Crippen LogP contribution in [-0.4, -0.2) is 16.2 Å². The lowest BCUT2D eigenvalue weighted by Crippen LogP contribution is -2.42. The van der Waals surface area contributed by atoms with Crippen molar-refractivity contribution in [3.63, 3.8) is 0 Å². The maximum Gasteiger partial charge on any atom is 0.230 e. The minimum Gasteiger partial charge on any atom is -0.299 e. The number of ketones is 1. The maximum atomic E-state index is 13.4. The summed E-state index contributed by atoms with van der Waals surface area (Å²) in [6.07, 6.45) is 2.35. The van der Waals surface area contributed by atoms with Gasteiger partial charge in [0.1, 0.15) is 17.5 Å². The van der Waals surface area contributed by atoms with Gasteiger partial charge in [-0.15, -0.1) is 0 Å². The van der Waals surface area contributed by atoms with Gasteiger partial charge in [-0.05, 0) is 36.5 Å². The Labute approximate surface area is 117 Å². The number of benzene rings is 1. The highest BCUT2D eigenvalue weighted by Gasteiger charge is 2.47. The minimum absolute atomic E-state index is 0.167. The van der Waals surface area contributed by atoms with Crippen molar-refractivity contribution in [1.29, 1.82) is 0 Å². The summed E-state index contributed by atoms with van der Waals surface area (Å²) in [5, 5.41) is 11.3. The summed E-state index contributed by atoms with van der Waals surface area (Å²) in [6.45, 7) is 2.85. The van der Waals surface area contributed by atoms with E-state index in [4.69, 9.17) is 0 Å². The molecule has 1 aromatic rings. The third kappa shape index (κ3) is 3.03. The van der Waals surface area contributed by atoms with Gasteiger partial charge in [0.25, 0.3) is 0 Å². The Morgan fingerprint density at radius 1 is 1.50 bits per heavy atom. The molecular weight excluding hydrogens is 261 g/mol. The average Bonchev–Trinajstić information content (AvgIpc) is 3.12. The van der Waals surface area contributed by atoms with E-state index in [0.29, 0.717) is 17.9 Å². The molecule has 0 spiro atoms. The summed E-state index contributed by atoms with van der Waals surface area (Å²) in [5.41, 5.74) is -1.06. The number of hydrogen-bond donors (Lipinski definition) is 0. The number of halogens is 1. The molecule has 1 aliphatic rings. The number of Topliss-reactive ketones (excluding diaryl/α,β-unsaturated/α-hetero) is 1. The molecule has 0 saturated heterocycles. The Bertz CT molecular complexity index is 538. The van der Waals surface area contributed by atoms with E-state index >= 15 is 0 Å². The van der Waals surface area contributed by atoms with Gasteiger partial charge in [-0.2, -0.15) is 0 Å². The summed E-state index contributed by atoms with van der Waals surface area (Å²) >= 11 is 0. The quantitative estimate of drug-likeness (QED) is 0.592. The maximum absolute atomic E-state index is 13.4. The van der Waals surface area contributed by atoms with Crippen LogP contribution in [0.5, 0.6) is 0 Å². The Balaban J connectivity index is 2.37. The van der Waals surface area contributed by atoms with Crippen molar-refractivity contribution in [3.05, 3.63) is 45.8 Å². The molecule has 4 nitrogen and oxygen atoms in total. The molecular formula is C15H18FNO3. The summed E-state index contributed by atoms with van der Waals surface area (Å²) in [5.74, 6) is -1.21. The van der Waals surface area contributed by atoms with Crippen LogP contribution >= 0.6 is 0 Å². The van der Waals surface area contributed by atoms with Gasteiger partial charge in [0.05, 0.1) is 0 Å². The number of hydrogen-bond acceptors (Lipinski definition) is 3.